The molecule has 0 saturated heterocycles. The molecule has 0 atom stereocenters. The summed E-state index contributed by atoms with van der Waals surface area (Å²) < 4.78 is 5.65. The summed E-state index contributed by atoms with van der Waals surface area (Å²) in [6, 6.07) is 2.87. The molecule has 1 saturated carbocycles. The molecule has 0 spiro atoms. The Labute approximate surface area is 122 Å². The molecule has 0 heterocycles. The summed E-state index contributed by atoms with van der Waals surface area (Å²) in [7, 11) is 0. The monoisotopic (exact) mass is 302 g/mol. The smallest absolute Gasteiger partial charge is 0.339 e. The molecule has 104 valence electrons. The minimum atomic E-state index is -1.08. The first-order valence-corrected chi connectivity index (χ1v) is 7.18. The van der Waals surface area contributed by atoms with Crippen LogP contribution in [0.3, 0.4) is 0 Å². The standard InChI is InChI=1S/C14H16Cl2O3/c15-10-6-11(14(17)18)13(12(16)7-10)19-8-9-4-2-1-3-5-9/h6-7,9H,1-5,8H2,(H,17,18). The van der Waals surface area contributed by atoms with Crippen molar-refractivity contribution in [3.63, 3.8) is 0 Å². The van der Waals surface area contributed by atoms with Gasteiger partial charge >= 0.3 is 5.97 Å². The Bertz CT molecular complexity index is 468. The molecular formula is C14H16Cl2O3. The van der Waals surface area contributed by atoms with Crippen molar-refractivity contribution in [3.05, 3.63) is 27.7 Å². The van der Waals surface area contributed by atoms with Gasteiger partial charge in [-0.15, -0.1) is 0 Å². The van der Waals surface area contributed by atoms with Crippen LogP contribution in [0.4, 0.5) is 0 Å². The molecule has 1 aromatic carbocycles. The van der Waals surface area contributed by atoms with Crippen LogP contribution >= 0.6 is 23.2 Å². The third kappa shape index (κ3) is 3.77. The average Bonchev–Trinajstić information content (AvgIpc) is 2.38. The molecular weight excluding hydrogens is 287 g/mol. The van der Waals surface area contributed by atoms with Crippen LogP contribution in [0.15, 0.2) is 12.1 Å². The second kappa shape index (κ2) is 6.49. The maximum Gasteiger partial charge on any atom is 0.339 e. The lowest BCUT2D eigenvalue weighted by atomic mass is 9.90. The predicted molar refractivity (Wildman–Crippen MR) is 75.5 cm³/mol. The maximum absolute atomic E-state index is 11.2. The summed E-state index contributed by atoms with van der Waals surface area (Å²) in [6.07, 6.45) is 5.97. The molecule has 3 nitrogen and oxygen atoms in total. The van der Waals surface area contributed by atoms with Crippen LogP contribution in [0.1, 0.15) is 42.5 Å². The minimum absolute atomic E-state index is 0.0216. The molecule has 0 unspecified atom stereocenters. The highest BCUT2D eigenvalue weighted by Gasteiger charge is 2.19. The number of carboxylic acids is 1. The van der Waals surface area contributed by atoms with Gasteiger partial charge in [0.15, 0.2) is 5.75 Å². The lowest BCUT2D eigenvalue weighted by Crippen LogP contribution is -2.16. The maximum atomic E-state index is 11.2. The number of carbonyl (C=O) groups is 1. The van der Waals surface area contributed by atoms with E-state index in [1.54, 1.807) is 0 Å². The minimum Gasteiger partial charge on any atom is -0.491 e. The van der Waals surface area contributed by atoms with Gasteiger partial charge in [0.1, 0.15) is 5.56 Å². The van der Waals surface area contributed by atoms with Crippen molar-refractivity contribution in [3.8, 4) is 5.75 Å². The van der Waals surface area contributed by atoms with Crippen molar-refractivity contribution >= 4 is 29.2 Å². The van der Waals surface area contributed by atoms with E-state index >= 15 is 0 Å². The fraction of sp³-hybridized carbons (Fsp3) is 0.500. The highest BCUT2D eigenvalue weighted by atomic mass is 35.5. The van der Waals surface area contributed by atoms with Crippen LogP contribution < -0.4 is 4.74 Å². The van der Waals surface area contributed by atoms with Gasteiger partial charge < -0.3 is 9.84 Å². The van der Waals surface area contributed by atoms with Gasteiger partial charge in [-0.3, -0.25) is 0 Å². The van der Waals surface area contributed by atoms with E-state index in [9.17, 15) is 4.79 Å². The molecule has 1 aliphatic rings. The van der Waals surface area contributed by atoms with Crippen molar-refractivity contribution in [2.24, 2.45) is 5.92 Å². The van der Waals surface area contributed by atoms with Gasteiger partial charge in [0.05, 0.1) is 11.6 Å². The second-order valence-electron chi connectivity index (χ2n) is 4.88. The fourth-order valence-electron chi connectivity index (χ4n) is 2.42. The lowest BCUT2D eigenvalue weighted by Gasteiger charge is -2.22. The highest BCUT2D eigenvalue weighted by Crippen LogP contribution is 2.34. The Kier molecular flexibility index (Phi) is 4.94. The molecule has 2 rings (SSSR count). The van der Waals surface area contributed by atoms with E-state index in [1.165, 1.54) is 31.4 Å². The Morgan fingerprint density at radius 2 is 1.95 bits per heavy atom. The molecule has 5 heteroatoms. The number of ether oxygens (including phenoxy) is 1. The van der Waals surface area contributed by atoms with Crippen molar-refractivity contribution in [1.29, 1.82) is 0 Å². The number of hydrogen-bond acceptors (Lipinski definition) is 2. The number of hydrogen-bond donors (Lipinski definition) is 1. The van der Waals surface area contributed by atoms with Gasteiger partial charge in [-0.1, -0.05) is 42.5 Å². The van der Waals surface area contributed by atoms with E-state index in [4.69, 9.17) is 33.0 Å². The number of rotatable bonds is 4. The first kappa shape index (κ1) is 14.5. The Balaban J connectivity index is 2.12. The van der Waals surface area contributed by atoms with E-state index in [-0.39, 0.29) is 16.3 Å². The Hall–Kier alpha value is -0.930. The van der Waals surface area contributed by atoms with Crippen molar-refractivity contribution in [2.75, 3.05) is 6.61 Å². The lowest BCUT2D eigenvalue weighted by molar-refractivity contribution is 0.0690. The quantitative estimate of drug-likeness (QED) is 0.880. The van der Waals surface area contributed by atoms with Gasteiger partial charge in [0, 0.05) is 5.02 Å². The first-order valence-electron chi connectivity index (χ1n) is 6.43. The molecule has 1 N–H and O–H groups in total. The van der Waals surface area contributed by atoms with Crippen LogP contribution in [-0.2, 0) is 0 Å². The molecule has 1 aliphatic carbocycles. The third-order valence-electron chi connectivity index (χ3n) is 3.43. The normalized spacial score (nSPS) is 16.3. The molecule has 0 amide bonds. The van der Waals surface area contributed by atoms with Gasteiger partial charge in [-0.2, -0.15) is 0 Å². The van der Waals surface area contributed by atoms with Crippen LogP contribution in [0.5, 0.6) is 5.75 Å². The average molecular weight is 303 g/mol. The fourth-order valence-corrected chi connectivity index (χ4v) is 2.97. The molecule has 0 bridgehead atoms. The predicted octanol–water partition coefficient (Wildman–Crippen LogP) is 4.65. The van der Waals surface area contributed by atoms with E-state index in [2.05, 4.69) is 0 Å². The molecule has 1 aromatic rings. The summed E-state index contributed by atoms with van der Waals surface area (Å²) >= 11 is 11.8. The summed E-state index contributed by atoms with van der Waals surface area (Å²) in [4.78, 5) is 11.2. The number of aromatic carboxylic acids is 1. The molecule has 0 aliphatic heterocycles. The SMILES string of the molecule is O=C(O)c1cc(Cl)cc(Cl)c1OCC1CCCCC1. The van der Waals surface area contributed by atoms with Crippen LogP contribution in [0.2, 0.25) is 10.0 Å². The van der Waals surface area contributed by atoms with E-state index in [0.717, 1.165) is 12.8 Å². The van der Waals surface area contributed by atoms with Gasteiger partial charge in [-0.25, -0.2) is 4.79 Å². The largest absolute Gasteiger partial charge is 0.491 e. The van der Waals surface area contributed by atoms with Crippen molar-refractivity contribution < 1.29 is 14.6 Å². The Morgan fingerprint density at radius 3 is 2.58 bits per heavy atom. The van der Waals surface area contributed by atoms with Crippen LogP contribution in [-0.4, -0.2) is 17.7 Å². The van der Waals surface area contributed by atoms with Crippen LogP contribution in [0.25, 0.3) is 0 Å². The van der Waals surface area contributed by atoms with Gasteiger partial charge in [0.25, 0.3) is 0 Å². The van der Waals surface area contributed by atoms with Gasteiger partial charge in [-0.05, 0) is 30.9 Å². The van der Waals surface area contributed by atoms with E-state index in [1.807, 2.05) is 0 Å². The highest BCUT2D eigenvalue weighted by molar-refractivity contribution is 6.36. The zero-order valence-corrected chi connectivity index (χ0v) is 12.0. The summed E-state index contributed by atoms with van der Waals surface area (Å²) in [5.41, 5.74) is 0.0216. The van der Waals surface area contributed by atoms with Crippen molar-refractivity contribution in [1.82, 2.24) is 0 Å². The van der Waals surface area contributed by atoms with Gasteiger partial charge in [0.2, 0.25) is 0 Å². The Morgan fingerprint density at radius 1 is 1.26 bits per heavy atom. The van der Waals surface area contributed by atoms with Crippen LogP contribution in [0, 0.1) is 5.92 Å². The molecule has 0 aromatic heterocycles. The number of halogens is 2. The molecule has 0 radical (unpaired) electrons. The first-order chi connectivity index (χ1) is 9.08. The topological polar surface area (TPSA) is 46.5 Å². The second-order valence-corrected chi connectivity index (χ2v) is 5.73. The summed E-state index contributed by atoms with van der Waals surface area (Å²) in [5, 5.41) is 9.70. The zero-order chi connectivity index (χ0) is 13.8. The number of benzene rings is 1. The zero-order valence-electron chi connectivity index (χ0n) is 10.5. The van der Waals surface area contributed by atoms with Crippen molar-refractivity contribution in [2.45, 2.75) is 32.1 Å². The summed E-state index contributed by atoms with van der Waals surface area (Å²) in [5.74, 6) is -0.366. The number of carboxylic acid groups (broad SMARTS) is 1. The van der Waals surface area contributed by atoms with E-state index < -0.39 is 5.97 Å². The van der Waals surface area contributed by atoms with E-state index in [0.29, 0.717) is 17.5 Å². The molecule has 19 heavy (non-hydrogen) atoms. The third-order valence-corrected chi connectivity index (χ3v) is 3.93. The molecule has 1 fully saturated rings. The summed E-state index contributed by atoms with van der Waals surface area (Å²) in [6.45, 7) is 0.516.